The van der Waals surface area contributed by atoms with Gasteiger partial charge in [0.25, 0.3) is 0 Å². The zero-order chi connectivity index (χ0) is 10.3. The molecule has 0 aliphatic carbocycles. The lowest BCUT2D eigenvalue weighted by molar-refractivity contribution is 0.567. The quantitative estimate of drug-likeness (QED) is 0.593. The van der Waals surface area contributed by atoms with Gasteiger partial charge in [0.2, 0.25) is 0 Å². The average molecular weight is 181 g/mol. The van der Waals surface area contributed by atoms with Gasteiger partial charge in [0.1, 0.15) is 0 Å². The molecule has 0 aromatic rings. The van der Waals surface area contributed by atoms with Crippen molar-refractivity contribution in [2.75, 3.05) is 6.54 Å². The Labute approximate surface area is 82.9 Å². The third-order valence-corrected chi connectivity index (χ3v) is 1.95. The SMILES string of the molecule is C=C(C)CCNC(=C)CCC(C)C. The van der Waals surface area contributed by atoms with E-state index in [0.717, 1.165) is 31.0 Å². The first kappa shape index (κ1) is 12.3. The van der Waals surface area contributed by atoms with Gasteiger partial charge in [-0.1, -0.05) is 26.0 Å². The van der Waals surface area contributed by atoms with E-state index in [1.165, 1.54) is 12.0 Å². The average Bonchev–Trinajstić information content (AvgIpc) is 2.00. The second-order valence-electron chi connectivity index (χ2n) is 4.17. The van der Waals surface area contributed by atoms with Gasteiger partial charge in [0.05, 0.1) is 0 Å². The second-order valence-corrected chi connectivity index (χ2v) is 4.17. The van der Waals surface area contributed by atoms with Gasteiger partial charge in [-0.2, -0.15) is 0 Å². The molecular weight excluding hydrogens is 158 g/mol. The second kappa shape index (κ2) is 6.76. The highest BCUT2D eigenvalue weighted by molar-refractivity contribution is 4.94. The first-order valence-corrected chi connectivity index (χ1v) is 5.08. The fourth-order valence-electron chi connectivity index (χ4n) is 1.00. The van der Waals surface area contributed by atoms with Crippen molar-refractivity contribution in [1.29, 1.82) is 0 Å². The summed E-state index contributed by atoms with van der Waals surface area (Å²) in [6, 6.07) is 0. The maximum atomic E-state index is 3.98. The van der Waals surface area contributed by atoms with Gasteiger partial charge in [-0.3, -0.25) is 0 Å². The van der Waals surface area contributed by atoms with Crippen LogP contribution in [0.1, 0.15) is 40.0 Å². The molecule has 0 spiro atoms. The third-order valence-electron chi connectivity index (χ3n) is 1.95. The summed E-state index contributed by atoms with van der Waals surface area (Å²) in [6.07, 6.45) is 3.35. The lowest BCUT2D eigenvalue weighted by Gasteiger charge is -2.10. The van der Waals surface area contributed by atoms with Gasteiger partial charge < -0.3 is 5.32 Å². The van der Waals surface area contributed by atoms with Crippen LogP contribution in [0.25, 0.3) is 0 Å². The molecule has 0 saturated heterocycles. The van der Waals surface area contributed by atoms with E-state index in [0.29, 0.717) is 0 Å². The highest BCUT2D eigenvalue weighted by Crippen LogP contribution is 2.07. The summed E-state index contributed by atoms with van der Waals surface area (Å²) in [6.45, 7) is 15.3. The molecule has 1 N–H and O–H groups in total. The summed E-state index contributed by atoms with van der Waals surface area (Å²) < 4.78 is 0. The molecule has 1 nitrogen and oxygen atoms in total. The number of hydrogen-bond donors (Lipinski definition) is 1. The molecule has 0 aromatic heterocycles. The maximum absolute atomic E-state index is 3.98. The lowest BCUT2D eigenvalue weighted by atomic mass is 10.1. The molecule has 1 heteroatoms. The molecule has 0 unspecified atom stereocenters. The van der Waals surface area contributed by atoms with E-state index in [1.54, 1.807) is 0 Å². The lowest BCUT2D eigenvalue weighted by Crippen LogP contribution is -2.14. The third kappa shape index (κ3) is 9.19. The largest absolute Gasteiger partial charge is 0.388 e. The fraction of sp³-hybridized carbons (Fsp3) is 0.667. The summed E-state index contributed by atoms with van der Waals surface area (Å²) in [5, 5.41) is 3.31. The van der Waals surface area contributed by atoms with Crippen molar-refractivity contribution < 1.29 is 0 Å². The van der Waals surface area contributed by atoms with Crippen LogP contribution in [0.3, 0.4) is 0 Å². The van der Waals surface area contributed by atoms with E-state index < -0.39 is 0 Å². The summed E-state index contributed by atoms with van der Waals surface area (Å²) in [7, 11) is 0. The smallest absolute Gasteiger partial charge is 0.0180 e. The minimum Gasteiger partial charge on any atom is -0.388 e. The molecule has 0 atom stereocenters. The Morgan fingerprint density at radius 1 is 1.23 bits per heavy atom. The molecule has 0 aliphatic rings. The zero-order valence-electron chi connectivity index (χ0n) is 9.32. The van der Waals surface area contributed by atoms with Crippen molar-refractivity contribution >= 4 is 0 Å². The van der Waals surface area contributed by atoms with Gasteiger partial charge in [-0.05, 0) is 32.1 Å². The molecule has 0 bridgehead atoms. The Kier molecular flexibility index (Phi) is 6.38. The van der Waals surface area contributed by atoms with Gasteiger partial charge in [0, 0.05) is 12.2 Å². The highest BCUT2D eigenvalue weighted by Gasteiger charge is 1.96. The van der Waals surface area contributed by atoms with Crippen LogP contribution in [0.15, 0.2) is 24.4 Å². The zero-order valence-corrected chi connectivity index (χ0v) is 9.32. The van der Waals surface area contributed by atoms with E-state index in [4.69, 9.17) is 0 Å². The van der Waals surface area contributed by atoms with Crippen LogP contribution in [0.4, 0.5) is 0 Å². The molecule has 13 heavy (non-hydrogen) atoms. The van der Waals surface area contributed by atoms with Gasteiger partial charge >= 0.3 is 0 Å². The topological polar surface area (TPSA) is 12.0 Å². The highest BCUT2D eigenvalue weighted by atomic mass is 14.9. The van der Waals surface area contributed by atoms with Crippen molar-refractivity contribution in [3.63, 3.8) is 0 Å². The molecule has 76 valence electrons. The molecule has 0 aliphatic heterocycles. The summed E-state index contributed by atoms with van der Waals surface area (Å²) in [5.74, 6) is 0.764. The molecular formula is C12H23N. The van der Waals surface area contributed by atoms with Crippen LogP contribution in [0.5, 0.6) is 0 Å². The number of hydrogen-bond acceptors (Lipinski definition) is 1. The van der Waals surface area contributed by atoms with E-state index in [-0.39, 0.29) is 0 Å². The Balaban J connectivity index is 3.35. The number of allylic oxidation sites excluding steroid dienone is 1. The Hall–Kier alpha value is -0.720. The Bertz CT molecular complexity index is 168. The Morgan fingerprint density at radius 2 is 1.85 bits per heavy atom. The van der Waals surface area contributed by atoms with Crippen LogP contribution in [0.2, 0.25) is 0 Å². The van der Waals surface area contributed by atoms with Crippen LogP contribution >= 0.6 is 0 Å². The number of nitrogens with one attached hydrogen (secondary N) is 1. The van der Waals surface area contributed by atoms with E-state index in [2.05, 4.69) is 39.2 Å². The van der Waals surface area contributed by atoms with Crippen molar-refractivity contribution in [3.05, 3.63) is 24.4 Å². The molecule has 0 heterocycles. The molecule has 0 radical (unpaired) electrons. The minimum absolute atomic E-state index is 0.764. The predicted octanol–water partition coefficient (Wildman–Crippen LogP) is 3.49. The molecule has 0 aromatic carbocycles. The predicted molar refractivity (Wildman–Crippen MR) is 60.6 cm³/mol. The van der Waals surface area contributed by atoms with Crippen molar-refractivity contribution in [1.82, 2.24) is 5.32 Å². The minimum atomic E-state index is 0.764. The Morgan fingerprint density at radius 3 is 2.31 bits per heavy atom. The van der Waals surface area contributed by atoms with Crippen LogP contribution in [-0.4, -0.2) is 6.54 Å². The van der Waals surface area contributed by atoms with Crippen LogP contribution < -0.4 is 5.32 Å². The van der Waals surface area contributed by atoms with Crippen molar-refractivity contribution in [3.8, 4) is 0 Å². The van der Waals surface area contributed by atoms with Gasteiger partial charge in [-0.25, -0.2) is 0 Å². The van der Waals surface area contributed by atoms with E-state index in [1.807, 2.05) is 0 Å². The van der Waals surface area contributed by atoms with E-state index in [9.17, 15) is 0 Å². The normalized spacial score (nSPS) is 10.2. The number of rotatable bonds is 7. The molecule has 0 saturated carbocycles. The summed E-state index contributed by atoms with van der Waals surface area (Å²) in [4.78, 5) is 0. The fourth-order valence-corrected chi connectivity index (χ4v) is 1.00. The van der Waals surface area contributed by atoms with E-state index >= 15 is 0 Å². The first-order chi connectivity index (χ1) is 6.02. The van der Waals surface area contributed by atoms with Crippen molar-refractivity contribution in [2.45, 2.75) is 40.0 Å². The monoisotopic (exact) mass is 181 g/mol. The van der Waals surface area contributed by atoms with Crippen LogP contribution in [-0.2, 0) is 0 Å². The van der Waals surface area contributed by atoms with Gasteiger partial charge in [-0.15, -0.1) is 6.58 Å². The van der Waals surface area contributed by atoms with Crippen LogP contribution in [0, 0.1) is 5.92 Å². The maximum Gasteiger partial charge on any atom is 0.0180 e. The van der Waals surface area contributed by atoms with Gasteiger partial charge in [0.15, 0.2) is 0 Å². The summed E-state index contributed by atoms with van der Waals surface area (Å²) >= 11 is 0. The molecule has 0 rings (SSSR count). The summed E-state index contributed by atoms with van der Waals surface area (Å²) in [5.41, 5.74) is 2.39. The first-order valence-electron chi connectivity index (χ1n) is 5.08. The molecule has 0 fully saturated rings. The standard InChI is InChI=1S/C12H23N/c1-10(2)6-7-12(5)13-9-8-11(3)4/h10,13H,3,5-9H2,1-2,4H3. The van der Waals surface area contributed by atoms with Crippen molar-refractivity contribution in [2.24, 2.45) is 5.92 Å². The molecule has 0 amide bonds.